The first-order valence-corrected chi connectivity index (χ1v) is 6.36. The highest BCUT2D eigenvalue weighted by atomic mass is 32.2. The SMILES string of the molecule is CCC(NCCSc1ccccc1)C(=O)O. The Labute approximate surface area is 100 Å². The van der Waals surface area contributed by atoms with Crippen LogP contribution in [0.2, 0.25) is 0 Å². The van der Waals surface area contributed by atoms with Crippen LogP contribution in [0.3, 0.4) is 0 Å². The average Bonchev–Trinajstić information content (AvgIpc) is 2.30. The van der Waals surface area contributed by atoms with Crippen molar-refractivity contribution in [1.82, 2.24) is 5.32 Å². The van der Waals surface area contributed by atoms with E-state index in [-0.39, 0.29) is 0 Å². The zero-order valence-electron chi connectivity index (χ0n) is 9.35. The molecule has 1 atom stereocenters. The van der Waals surface area contributed by atoms with E-state index >= 15 is 0 Å². The van der Waals surface area contributed by atoms with Gasteiger partial charge in [-0.05, 0) is 18.6 Å². The maximum Gasteiger partial charge on any atom is 0.320 e. The fourth-order valence-electron chi connectivity index (χ4n) is 1.33. The summed E-state index contributed by atoms with van der Waals surface area (Å²) >= 11 is 1.73. The van der Waals surface area contributed by atoms with Gasteiger partial charge in [-0.1, -0.05) is 25.1 Å². The summed E-state index contributed by atoms with van der Waals surface area (Å²) in [6, 6.07) is 9.68. The second kappa shape index (κ2) is 7.30. The zero-order chi connectivity index (χ0) is 11.8. The van der Waals surface area contributed by atoms with E-state index in [0.717, 1.165) is 5.75 Å². The molecule has 0 spiro atoms. The fraction of sp³-hybridized carbons (Fsp3) is 0.417. The third kappa shape index (κ3) is 4.68. The van der Waals surface area contributed by atoms with Crippen LogP contribution >= 0.6 is 11.8 Å². The first kappa shape index (κ1) is 13.1. The maximum atomic E-state index is 10.7. The van der Waals surface area contributed by atoms with Gasteiger partial charge in [-0.2, -0.15) is 0 Å². The quantitative estimate of drug-likeness (QED) is 0.566. The van der Waals surface area contributed by atoms with Crippen LogP contribution in [0, 0.1) is 0 Å². The molecule has 0 saturated heterocycles. The number of thioether (sulfide) groups is 1. The second-order valence-corrected chi connectivity index (χ2v) is 4.58. The summed E-state index contributed by atoms with van der Waals surface area (Å²) in [7, 11) is 0. The molecule has 16 heavy (non-hydrogen) atoms. The number of benzene rings is 1. The fourth-order valence-corrected chi connectivity index (χ4v) is 2.13. The minimum absolute atomic E-state index is 0.420. The van der Waals surface area contributed by atoms with Gasteiger partial charge in [0.2, 0.25) is 0 Å². The van der Waals surface area contributed by atoms with Gasteiger partial charge in [0.1, 0.15) is 6.04 Å². The van der Waals surface area contributed by atoms with Gasteiger partial charge < -0.3 is 10.4 Å². The molecule has 0 amide bonds. The van der Waals surface area contributed by atoms with Crippen molar-refractivity contribution in [2.45, 2.75) is 24.3 Å². The van der Waals surface area contributed by atoms with E-state index in [1.807, 2.05) is 25.1 Å². The molecule has 0 aliphatic carbocycles. The third-order valence-corrected chi connectivity index (χ3v) is 3.22. The number of rotatable bonds is 7. The van der Waals surface area contributed by atoms with E-state index in [2.05, 4.69) is 17.4 Å². The highest BCUT2D eigenvalue weighted by Crippen LogP contribution is 2.15. The predicted molar refractivity (Wildman–Crippen MR) is 66.9 cm³/mol. The lowest BCUT2D eigenvalue weighted by Gasteiger charge is -2.11. The number of hydrogen-bond donors (Lipinski definition) is 2. The molecule has 0 bridgehead atoms. The van der Waals surface area contributed by atoms with Gasteiger partial charge in [-0.25, -0.2) is 0 Å². The molecule has 1 aromatic carbocycles. The van der Waals surface area contributed by atoms with Gasteiger partial charge >= 0.3 is 5.97 Å². The van der Waals surface area contributed by atoms with Crippen LogP contribution in [-0.2, 0) is 4.79 Å². The Morgan fingerprint density at radius 3 is 2.69 bits per heavy atom. The molecule has 0 saturated carbocycles. The Morgan fingerprint density at radius 1 is 1.44 bits per heavy atom. The van der Waals surface area contributed by atoms with Gasteiger partial charge in [-0.3, -0.25) is 4.79 Å². The number of carboxylic acid groups (broad SMARTS) is 1. The minimum atomic E-state index is -0.771. The van der Waals surface area contributed by atoms with E-state index in [1.54, 1.807) is 11.8 Å². The van der Waals surface area contributed by atoms with Crippen molar-refractivity contribution in [2.24, 2.45) is 0 Å². The average molecular weight is 239 g/mol. The van der Waals surface area contributed by atoms with Gasteiger partial charge in [0.25, 0.3) is 0 Å². The molecule has 3 nitrogen and oxygen atoms in total. The number of nitrogens with one attached hydrogen (secondary N) is 1. The van der Waals surface area contributed by atoms with E-state index < -0.39 is 12.0 Å². The van der Waals surface area contributed by atoms with Crippen molar-refractivity contribution in [1.29, 1.82) is 0 Å². The van der Waals surface area contributed by atoms with Gasteiger partial charge in [0, 0.05) is 17.2 Å². The minimum Gasteiger partial charge on any atom is -0.480 e. The molecule has 0 fully saturated rings. The Hall–Kier alpha value is -1.00. The van der Waals surface area contributed by atoms with Gasteiger partial charge in [0.05, 0.1) is 0 Å². The molecule has 0 radical (unpaired) electrons. The van der Waals surface area contributed by atoms with Crippen molar-refractivity contribution in [3.63, 3.8) is 0 Å². The van der Waals surface area contributed by atoms with Gasteiger partial charge in [0.15, 0.2) is 0 Å². The highest BCUT2D eigenvalue weighted by molar-refractivity contribution is 7.99. The van der Waals surface area contributed by atoms with E-state index in [9.17, 15) is 4.79 Å². The smallest absolute Gasteiger partial charge is 0.320 e. The Balaban J connectivity index is 2.19. The lowest BCUT2D eigenvalue weighted by molar-refractivity contribution is -0.139. The van der Waals surface area contributed by atoms with Crippen LogP contribution in [0.1, 0.15) is 13.3 Å². The van der Waals surface area contributed by atoms with Crippen molar-refractivity contribution in [3.8, 4) is 0 Å². The molecule has 1 rings (SSSR count). The number of carbonyl (C=O) groups is 1. The van der Waals surface area contributed by atoms with Crippen LogP contribution in [0.25, 0.3) is 0 Å². The summed E-state index contributed by atoms with van der Waals surface area (Å²) in [6.07, 6.45) is 0.616. The molecule has 0 aliphatic rings. The zero-order valence-corrected chi connectivity index (χ0v) is 10.2. The van der Waals surface area contributed by atoms with E-state index in [0.29, 0.717) is 13.0 Å². The highest BCUT2D eigenvalue weighted by Gasteiger charge is 2.12. The Bertz CT molecular complexity index is 316. The largest absolute Gasteiger partial charge is 0.480 e. The number of aliphatic carboxylic acids is 1. The van der Waals surface area contributed by atoms with Crippen molar-refractivity contribution >= 4 is 17.7 Å². The normalized spacial score (nSPS) is 12.3. The Morgan fingerprint density at radius 2 is 2.12 bits per heavy atom. The maximum absolute atomic E-state index is 10.7. The summed E-state index contributed by atoms with van der Waals surface area (Å²) in [5, 5.41) is 11.8. The van der Waals surface area contributed by atoms with Crippen LogP contribution in [0.4, 0.5) is 0 Å². The van der Waals surface area contributed by atoms with Crippen molar-refractivity contribution < 1.29 is 9.90 Å². The number of hydrogen-bond acceptors (Lipinski definition) is 3. The summed E-state index contributed by atoms with van der Waals surface area (Å²) < 4.78 is 0. The molecule has 4 heteroatoms. The summed E-state index contributed by atoms with van der Waals surface area (Å²) in [6.45, 7) is 2.58. The van der Waals surface area contributed by atoms with Crippen LogP contribution < -0.4 is 5.32 Å². The van der Waals surface area contributed by atoms with Crippen LogP contribution in [-0.4, -0.2) is 29.4 Å². The topological polar surface area (TPSA) is 49.3 Å². The number of carboxylic acids is 1. The Kier molecular flexibility index (Phi) is 5.96. The van der Waals surface area contributed by atoms with Crippen molar-refractivity contribution in [2.75, 3.05) is 12.3 Å². The molecule has 0 heterocycles. The summed E-state index contributed by atoms with van der Waals surface area (Å²) in [5.74, 6) is 0.112. The monoisotopic (exact) mass is 239 g/mol. The first-order valence-electron chi connectivity index (χ1n) is 5.38. The van der Waals surface area contributed by atoms with E-state index in [4.69, 9.17) is 5.11 Å². The summed E-state index contributed by atoms with van der Waals surface area (Å²) in [4.78, 5) is 11.9. The molecule has 1 unspecified atom stereocenters. The molecule has 0 aromatic heterocycles. The molecule has 2 N–H and O–H groups in total. The van der Waals surface area contributed by atoms with Crippen molar-refractivity contribution in [3.05, 3.63) is 30.3 Å². The third-order valence-electron chi connectivity index (χ3n) is 2.21. The van der Waals surface area contributed by atoms with Crippen LogP contribution in [0.5, 0.6) is 0 Å². The van der Waals surface area contributed by atoms with Crippen LogP contribution in [0.15, 0.2) is 35.2 Å². The standard InChI is InChI=1S/C12H17NO2S/c1-2-11(12(14)15)13-8-9-16-10-6-4-3-5-7-10/h3-7,11,13H,2,8-9H2,1H3,(H,14,15). The van der Waals surface area contributed by atoms with Gasteiger partial charge in [-0.15, -0.1) is 11.8 Å². The predicted octanol–water partition coefficient (Wildman–Crippen LogP) is 2.23. The molecule has 0 aliphatic heterocycles. The first-order chi connectivity index (χ1) is 7.74. The lowest BCUT2D eigenvalue weighted by atomic mass is 10.2. The lowest BCUT2D eigenvalue weighted by Crippen LogP contribution is -2.37. The summed E-state index contributed by atoms with van der Waals surface area (Å²) in [5.41, 5.74) is 0. The second-order valence-electron chi connectivity index (χ2n) is 3.41. The van der Waals surface area contributed by atoms with E-state index in [1.165, 1.54) is 4.90 Å². The molecular weight excluding hydrogens is 222 g/mol. The molecule has 1 aromatic rings. The molecular formula is C12H17NO2S. The molecule has 88 valence electrons.